The fourth-order valence-electron chi connectivity index (χ4n) is 1.42. The first-order valence-electron chi connectivity index (χ1n) is 6.48. The molecule has 2 N–H and O–H groups in total. The van der Waals surface area contributed by atoms with Crippen LogP contribution in [0, 0.1) is 5.92 Å². The number of hydrogen-bond acceptors (Lipinski definition) is 2. The molecule has 0 fully saturated rings. The average Bonchev–Trinajstić information content (AvgIpc) is 2.41. The summed E-state index contributed by atoms with van der Waals surface area (Å²) in [5.74, 6) is -0.272. The molecule has 1 aromatic carbocycles. The Balaban J connectivity index is 2.28. The predicted molar refractivity (Wildman–Crippen MR) is 81.3 cm³/mol. The standard InChI is InChI=1S/C15H19ClN2O2/c1-11(2)15(20)18-9-8-17-14(19)7-6-12-4-3-5-13(16)10-12/h3-7,10-11H,8-9H2,1-2H3,(H,17,19)(H,18,20)/b7-6+. The number of halogens is 1. The van der Waals surface area contributed by atoms with Crippen LogP contribution in [0.4, 0.5) is 0 Å². The first-order valence-corrected chi connectivity index (χ1v) is 6.86. The van der Waals surface area contributed by atoms with E-state index in [1.54, 1.807) is 18.2 Å². The molecule has 2 amide bonds. The molecule has 5 heteroatoms. The first-order chi connectivity index (χ1) is 9.49. The Morgan fingerprint density at radius 2 is 1.95 bits per heavy atom. The Hall–Kier alpha value is -1.81. The van der Waals surface area contributed by atoms with Gasteiger partial charge in [-0.05, 0) is 23.8 Å². The summed E-state index contributed by atoms with van der Waals surface area (Å²) in [6.45, 7) is 4.47. The van der Waals surface area contributed by atoms with Crippen molar-refractivity contribution >= 4 is 29.5 Å². The summed E-state index contributed by atoms with van der Waals surface area (Å²) >= 11 is 5.84. The first kappa shape index (κ1) is 16.2. The van der Waals surface area contributed by atoms with Gasteiger partial charge in [0.15, 0.2) is 0 Å². The predicted octanol–water partition coefficient (Wildman–Crippen LogP) is 2.24. The van der Waals surface area contributed by atoms with Crippen LogP contribution in [0.5, 0.6) is 0 Å². The van der Waals surface area contributed by atoms with Crippen LogP contribution in [0.25, 0.3) is 6.08 Å². The normalized spacial score (nSPS) is 10.8. The SMILES string of the molecule is CC(C)C(=O)NCCNC(=O)/C=C/c1cccc(Cl)c1. The monoisotopic (exact) mass is 294 g/mol. The highest BCUT2D eigenvalue weighted by molar-refractivity contribution is 6.30. The highest BCUT2D eigenvalue weighted by atomic mass is 35.5. The molecule has 0 aliphatic rings. The maximum Gasteiger partial charge on any atom is 0.244 e. The molecule has 0 spiro atoms. The van der Waals surface area contributed by atoms with Crippen LogP contribution < -0.4 is 10.6 Å². The molecule has 0 aliphatic heterocycles. The van der Waals surface area contributed by atoms with Crippen molar-refractivity contribution in [2.24, 2.45) is 5.92 Å². The van der Waals surface area contributed by atoms with Crippen molar-refractivity contribution in [2.75, 3.05) is 13.1 Å². The second-order valence-electron chi connectivity index (χ2n) is 4.63. The van der Waals surface area contributed by atoms with Gasteiger partial charge in [-0.15, -0.1) is 0 Å². The molecule has 0 saturated heterocycles. The van der Waals surface area contributed by atoms with Gasteiger partial charge in [0, 0.05) is 30.1 Å². The fraction of sp³-hybridized carbons (Fsp3) is 0.333. The van der Waals surface area contributed by atoms with Gasteiger partial charge in [-0.2, -0.15) is 0 Å². The number of hydrogen-bond donors (Lipinski definition) is 2. The minimum absolute atomic E-state index is 0.0197. The minimum atomic E-state index is -0.205. The van der Waals surface area contributed by atoms with Crippen LogP contribution in [-0.4, -0.2) is 24.9 Å². The Morgan fingerprint density at radius 1 is 1.25 bits per heavy atom. The van der Waals surface area contributed by atoms with E-state index in [2.05, 4.69) is 10.6 Å². The second kappa shape index (κ2) is 8.38. The quantitative estimate of drug-likeness (QED) is 0.624. The van der Waals surface area contributed by atoms with Gasteiger partial charge in [0.25, 0.3) is 0 Å². The van der Waals surface area contributed by atoms with Crippen molar-refractivity contribution in [3.05, 3.63) is 40.9 Å². The second-order valence-corrected chi connectivity index (χ2v) is 5.06. The number of carbonyl (C=O) groups excluding carboxylic acids is 2. The van der Waals surface area contributed by atoms with Crippen LogP contribution in [0.1, 0.15) is 19.4 Å². The number of nitrogens with one attached hydrogen (secondary N) is 2. The van der Waals surface area contributed by atoms with Crippen LogP contribution >= 0.6 is 11.6 Å². The smallest absolute Gasteiger partial charge is 0.244 e. The molecule has 0 atom stereocenters. The molecular formula is C15H19ClN2O2. The van der Waals surface area contributed by atoms with E-state index in [1.165, 1.54) is 6.08 Å². The maximum absolute atomic E-state index is 11.5. The molecule has 1 rings (SSSR count). The summed E-state index contributed by atoms with van der Waals surface area (Å²) < 4.78 is 0. The van der Waals surface area contributed by atoms with Gasteiger partial charge >= 0.3 is 0 Å². The lowest BCUT2D eigenvalue weighted by molar-refractivity contribution is -0.124. The number of carbonyl (C=O) groups is 2. The largest absolute Gasteiger partial charge is 0.354 e. The number of rotatable bonds is 6. The Bertz CT molecular complexity index is 498. The Labute approximate surface area is 124 Å². The molecule has 0 bridgehead atoms. The van der Waals surface area contributed by atoms with Crippen LogP contribution in [0.2, 0.25) is 5.02 Å². The summed E-state index contributed by atoms with van der Waals surface area (Å²) in [4.78, 5) is 22.8. The molecule has 0 radical (unpaired) electrons. The fourth-order valence-corrected chi connectivity index (χ4v) is 1.62. The van der Waals surface area contributed by atoms with E-state index in [1.807, 2.05) is 26.0 Å². The van der Waals surface area contributed by atoms with Crippen molar-refractivity contribution in [3.63, 3.8) is 0 Å². The van der Waals surface area contributed by atoms with E-state index >= 15 is 0 Å². The number of amides is 2. The maximum atomic E-state index is 11.5. The molecule has 108 valence electrons. The van der Waals surface area contributed by atoms with Crippen molar-refractivity contribution in [2.45, 2.75) is 13.8 Å². The third kappa shape index (κ3) is 6.38. The molecule has 1 aromatic rings. The lowest BCUT2D eigenvalue weighted by Crippen LogP contribution is -2.35. The molecule has 4 nitrogen and oxygen atoms in total. The van der Waals surface area contributed by atoms with Gasteiger partial charge in [0.05, 0.1) is 0 Å². The molecule has 20 heavy (non-hydrogen) atoms. The summed E-state index contributed by atoms with van der Waals surface area (Å²) in [6.07, 6.45) is 3.13. The third-order valence-corrected chi connectivity index (χ3v) is 2.76. The Morgan fingerprint density at radius 3 is 2.60 bits per heavy atom. The lowest BCUT2D eigenvalue weighted by atomic mass is 10.2. The van der Waals surface area contributed by atoms with Crippen molar-refractivity contribution in [3.8, 4) is 0 Å². The van der Waals surface area contributed by atoms with E-state index in [-0.39, 0.29) is 17.7 Å². The van der Waals surface area contributed by atoms with E-state index < -0.39 is 0 Å². The van der Waals surface area contributed by atoms with Crippen LogP contribution in [0.15, 0.2) is 30.3 Å². The summed E-state index contributed by atoms with van der Waals surface area (Å²) in [5, 5.41) is 6.04. The topological polar surface area (TPSA) is 58.2 Å². The molecule has 0 unspecified atom stereocenters. The summed E-state index contributed by atoms with van der Waals surface area (Å²) in [5.41, 5.74) is 0.862. The van der Waals surface area contributed by atoms with Gasteiger partial charge in [-0.3, -0.25) is 9.59 Å². The van der Waals surface area contributed by atoms with Gasteiger partial charge < -0.3 is 10.6 Å². The van der Waals surface area contributed by atoms with Gasteiger partial charge in [0.1, 0.15) is 0 Å². The van der Waals surface area contributed by atoms with E-state index in [9.17, 15) is 9.59 Å². The van der Waals surface area contributed by atoms with Gasteiger partial charge in [-0.1, -0.05) is 37.6 Å². The highest BCUT2D eigenvalue weighted by Crippen LogP contribution is 2.11. The van der Waals surface area contributed by atoms with E-state index in [0.29, 0.717) is 18.1 Å². The van der Waals surface area contributed by atoms with Crippen molar-refractivity contribution < 1.29 is 9.59 Å². The minimum Gasteiger partial charge on any atom is -0.354 e. The highest BCUT2D eigenvalue weighted by Gasteiger charge is 2.04. The molecule has 0 aliphatic carbocycles. The van der Waals surface area contributed by atoms with E-state index in [0.717, 1.165) is 5.56 Å². The van der Waals surface area contributed by atoms with Crippen LogP contribution in [0.3, 0.4) is 0 Å². The Kier molecular flexibility index (Phi) is 6.81. The van der Waals surface area contributed by atoms with Crippen LogP contribution in [-0.2, 0) is 9.59 Å². The number of benzene rings is 1. The zero-order chi connectivity index (χ0) is 15.0. The van der Waals surface area contributed by atoms with E-state index in [4.69, 9.17) is 11.6 Å². The lowest BCUT2D eigenvalue weighted by Gasteiger charge is -2.07. The molecule has 0 aromatic heterocycles. The van der Waals surface area contributed by atoms with Crippen molar-refractivity contribution in [1.82, 2.24) is 10.6 Å². The zero-order valence-corrected chi connectivity index (χ0v) is 12.4. The summed E-state index contributed by atoms with van der Waals surface area (Å²) in [6, 6.07) is 7.23. The van der Waals surface area contributed by atoms with Crippen molar-refractivity contribution in [1.29, 1.82) is 0 Å². The molecule has 0 saturated carbocycles. The third-order valence-electron chi connectivity index (χ3n) is 2.52. The summed E-state index contributed by atoms with van der Waals surface area (Å²) in [7, 11) is 0. The van der Waals surface area contributed by atoms with Gasteiger partial charge in [0.2, 0.25) is 11.8 Å². The van der Waals surface area contributed by atoms with Gasteiger partial charge in [-0.25, -0.2) is 0 Å². The zero-order valence-electron chi connectivity index (χ0n) is 11.7. The average molecular weight is 295 g/mol. The molecular weight excluding hydrogens is 276 g/mol. The molecule has 0 heterocycles.